The molecule has 0 aliphatic heterocycles. The van der Waals surface area contributed by atoms with Crippen LogP contribution in [0, 0.1) is 23.2 Å². The van der Waals surface area contributed by atoms with Crippen molar-refractivity contribution in [3.63, 3.8) is 0 Å². The minimum absolute atomic E-state index is 0.209. The molecule has 2 unspecified atom stereocenters. The molecule has 1 aromatic rings. The molecule has 4 aliphatic carbocycles. The van der Waals surface area contributed by atoms with Gasteiger partial charge in [-0.3, -0.25) is 9.59 Å². The molecule has 0 amide bonds. The van der Waals surface area contributed by atoms with Gasteiger partial charge in [0.1, 0.15) is 5.75 Å². The Morgan fingerprint density at radius 2 is 1.73 bits per heavy atom. The molecule has 1 N–H and O–H groups in total. The zero-order chi connectivity index (χ0) is 23.6. The fraction of sp³-hybridized carbons (Fsp3) is 0.630. The number of ether oxygens (including phenoxy) is 3. The average Bonchev–Trinajstić information content (AvgIpc) is 2.76. The number of aromatic hydroxyl groups is 1. The van der Waals surface area contributed by atoms with Gasteiger partial charge in [0.05, 0.1) is 18.8 Å². The Kier molecular flexibility index (Phi) is 6.85. The lowest BCUT2D eigenvalue weighted by Crippen LogP contribution is -2.54. The highest BCUT2D eigenvalue weighted by atomic mass is 16.6. The smallest absolute Gasteiger partial charge is 0.323 e. The molecule has 4 aliphatic rings. The number of benzene rings is 1. The van der Waals surface area contributed by atoms with E-state index < -0.39 is 17.4 Å². The molecule has 0 aromatic heterocycles. The fourth-order valence-corrected chi connectivity index (χ4v) is 6.34. The van der Waals surface area contributed by atoms with Crippen LogP contribution in [0.3, 0.4) is 0 Å². The molecular formula is C27H36O6. The van der Waals surface area contributed by atoms with E-state index in [2.05, 4.69) is 6.08 Å². The maximum Gasteiger partial charge on any atom is 0.323 e. The zero-order valence-corrected chi connectivity index (χ0v) is 20.0. The summed E-state index contributed by atoms with van der Waals surface area (Å²) in [5.74, 6) is 0.930. The summed E-state index contributed by atoms with van der Waals surface area (Å²) in [5, 5.41) is 9.93. The van der Waals surface area contributed by atoms with E-state index in [0.717, 1.165) is 18.4 Å². The monoisotopic (exact) mass is 456 g/mol. The first-order valence-electron chi connectivity index (χ1n) is 12.3. The van der Waals surface area contributed by atoms with Crippen LogP contribution in [0.1, 0.15) is 64.9 Å². The van der Waals surface area contributed by atoms with Crippen molar-refractivity contribution in [3.05, 3.63) is 35.4 Å². The summed E-state index contributed by atoms with van der Waals surface area (Å²) in [6, 6.07) is 7.32. The second-order valence-electron chi connectivity index (χ2n) is 10.1. The fourth-order valence-electron chi connectivity index (χ4n) is 6.34. The van der Waals surface area contributed by atoms with E-state index in [9.17, 15) is 14.7 Å². The van der Waals surface area contributed by atoms with Crippen molar-refractivity contribution >= 4 is 18.0 Å². The Bertz CT molecular complexity index is 887. The molecule has 6 nitrogen and oxygen atoms in total. The molecule has 4 saturated carbocycles. The van der Waals surface area contributed by atoms with Gasteiger partial charge in [0.25, 0.3) is 0 Å². The quantitative estimate of drug-likeness (QED) is 0.421. The Labute approximate surface area is 196 Å². The van der Waals surface area contributed by atoms with Crippen LogP contribution in [0.5, 0.6) is 5.75 Å². The SMILES string of the molecule is CCOC(=O)C(C)(CCOC12CC3CC(CC(C3)C1=Cc1cccc(O)c1)C2)C(=O)OCC. The lowest BCUT2D eigenvalue weighted by atomic mass is 9.52. The molecule has 1 aromatic carbocycles. The third kappa shape index (κ3) is 4.68. The summed E-state index contributed by atoms with van der Waals surface area (Å²) in [5.41, 5.74) is 0.519. The topological polar surface area (TPSA) is 82.1 Å². The van der Waals surface area contributed by atoms with E-state index in [1.54, 1.807) is 32.9 Å². The van der Waals surface area contributed by atoms with Gasteiger partial charge in [0, 0.05) is 6.61 Å². The number of rotatable bonds is 9. The Balaban J connectivity index is 1.56. The predicted octanol–water partition coefficient (Wildman–Crippen LogP) is 4.89. The van der Waals surface area contributed by atoms with E-state index in [0.29, 0.717) is 17.8 Å². The molecule has 4 fully saturated rings. The first-order valence-corrected chi connectivity index (χ1v) is 12.3. The Morgan fingerprint density at radius 3 is 2.30 bits per heavy atom. The lowest BCUT2D eigenvalue weighted by Gasteiger charge is -2.58. The molecule has 4 bridgehead atoms. The van der Waals surface area contributed by atoms with Crippen molar-refractivity contribution in [2.24, 2.45) is 23.2 Å². The van der Waals surface area contributed by atoms with Crippen LogP contribution in [0.15, 0.2) is 29.8 Å². The minimum atomic E-state index is -1.39. The van der Waals surface area contributed by atoms with Crippen LogP contribution in [0.4, 0.5) is 0 Å². The van der Waals surface area contributed by atoms with Crippen LogP contribution in [-0.2, 0) is 23.8 Å². The maximum absolute atomic E-state index is 12.7. The van der Waals surface area contributed by atoms with Crippen LogP contribution in [0.25, 0.3) is 6.08 Å². The second-order valence-corrected chi connectivity index (χ2v) is 10.1. The van der Waals surface area contributed by atoms with Gasteiger partial charge in [0.15, 0.2) is 5.41 Å². The zero-order valence-electron chi connectivity index (χ0n) is 20.0. The first-order chi connectivity index (χ1) is 15.8. The van der Waals surface area contributed by atoms with Gasteiger partial charge in [-0.1, -0.05) is 18.2 Å². The number of phenols is 1. The van der Waals surface area contributed by atoms with Gasteiger partial charge < -0.3 is 19.3 Å². The summed E-state index contributed by atoms with van der Waals surface area (Å²) >= 11 is 0. The van der Waals surface area contributed by atoms with Crippen molar-refractivity contribution in [2.45, 2.75) is 64.9 Å². The highest BCUT2D eigenvalue weighted by Crippen LogP contribution is 2.60. The number of hydrogen-bond donors (Lipinski definition) is 1. The standard InChI is InChI=1S/C27H36O6/c1-4-31-24(29)26(3,25(30)32-5-2)9-10-33-27-16-19-11-20(17-27)13-21(12-19)23(27)15-18-7-6-8-22(28)14-18/h6-8,14-15,19-21,28H,4-5,9-13,16-17H2,1-3H3. The molecule has 0 radical (unpaired) electrons. The van der Waals surface area contributed by atoms with Gasteiger partial charge >= 0.3 is 11.9 Å². The van der Waals surface area contributed by atoms with Gasteiger partial charge in [-0.15, -0.1) is 0 Å². The van der Waals surface area contributed by atoms with Gasteiger partial charge in [-0.2, -0.15) is 0 Å². The number of carbonyl (C=O) groups is 2. The number of hydrogen-bond acceptors (Lipinski definition) is 6. The molecule has 6 heteroatoms. The van der Waals surface area contributed by atoms with E-state index in [1.165, 1.54) is 24.8 Å². The summed E-state index contributed by atoms with van der Waals surface area (Å²) in [6.07, 6.45) is 8.00. The first kappa shape index (κ1) is 23.8. The van der Waals surface area contributed by atoms with Gasteiger partial charge in [-0.05, 0) is 100 Å². The molecule has 2 atom stereocenters. The third-order valence-electron chi connectivity index (χ3n) is 7.73. The molecule has 0 saturated heterocycles. The van der Waals surface area contributed by atoms with Gasteiger partial charge in [0.2, 0.25) is 0 Å². The van der Waals surface area contributed by atoms with E-state index in [1.807, 2.05) is 12.1 Å². The molecular weight excluding hydrogens is 420 g/mol. The second kappa shape index (κ2) is 9.49. The van der Waals surface area contributed by atoms with Crippen LogP contribution in [-0.4, -0.2) is 42.5 Å². The van der Waals surface area contributed by atoms with Crippen molar-refractivity contribution in [2.75, 3.05) is 19.8 Å². The molecule has 0 heterocycles. The van der Waals surface area contributed by atoms with Crippen molar-refractivity contribution in [1.82, 2.24) is 0 Å². The van der Waals surface area contributed by atoms with E-state index in [4.69, 9.17) is 14.2 Å². The van der Waals surface area contributed by atoms with Crippen LogP contribution >= 0.6 is 0 Å². The number of carbonyl (C=O) groups excluding carboxylic acids is 2. The van der Waals surface area contributed by atoms with Crippen molar-refractivity contribution in [1.29, 1.82) is 0 Å². The molecule has 5 rings (SSSR count). The summed E-state index contributed by atoms with van der Waals surface area (Å²) in [7, 11) is 0. The summed E-state index contributed by atoms with van der Waals surface area (Å²) in [4.78, 5) is 25.3. The van der Waals surface area contributed by atoms with Crippen molar-refractivity contribution in [3.8, 4) is 5.75 Å². The lowest BCUT2D eigenvalue weighted by molar-refractivity contribution is -0.175. The Hall–Kier alpha value is -2.34. The number of esters is 2. The predicted molar refractivity (Wildman–Crippen MR) is 124 cm³/mol. The van der Waals surface area contributed by atoms with E-state index in [-0.39, 0.29) is 37.6 Å². The molecule has 33 heavy (non-hydrogen) atoms. The average molecular weight is 457 g/mol. The van der Waals surface area contributed by atoms with Crippen molar-refractivity contribution < 1.29 is 28.9 Å². The van der Waals surface area contributed by atoms with E-state index >= 15 is 0 Å². The largest absolute Gasteiger partial charge is 0.508 e. The number of phenolic OH excluding ortho intramolecular Hbond substituents is 1. The van der Waals surface area contributed by atoms with Crippen LogP contribution < -0.4 is 0 Å². The molecule has 0 spiro atoms. The summed E-state index contributed by atoms with van der Waals surface area (Å²) in [6.45, 7) is 5.75. The molecule has 180 valence electrons. The third-order valence-corrected chi connectivity index (χ3v) is 7.73. The highest BCUT2D eigenvalue weighted by Gasteiger charge is 2.55. The minimum Gasteiger partial charge on any atom is -0.508 e. The highest BCUT2D eigenvalue weighted by molar-refractivity contribution is 5.99. The Morgan fingerprint density at radius 1 is 1.09 bits per heavy atom. The van der Waals surface area contributed by atoms with Crippen LogP contribution in [0.2, 0.25) is 0 Å². The van der Waals surface area contributed by atoms with Gasteiger partial charge in [-0.25, -0.2) is 0 Å². The summed E-state index contributed by atoms with van der Waals surface area (Å²) < 4.78 is 17.1. The normalized spacial score (nSPS) is 29.3. The maximum atomic E-state index is 12.7.